The molecule has 0 aliphatic heterocycles. The van der Waals surface area contributed by atoms with E-state index in [1.54, 1.807) is 19.5 Å². The zero-order valence-corrected chi connectivity index (χ0v) is 10.9. The van der Waals surface area contributed by atoms with Crippen LogP contribution in [0.3, 0.4) is 0 Å². The molecule has 5 nitrogen and oxygen atoms in total. The standard InChI is InChI=1S/C15H13N3O2/c1-19-12-4-2-3-11(9-12)14-13(15(16)20-18-14)10-5-7-17-8-6-10/h2-9H,16H2,1H3. The Labute approximate surface area is 116 Å². The van der Waals surface area contributed by atoms with Gasteiger partial charge in [0.2, 0.25) is 5.88 Å². The van der Waals surface area contributed by atoms with Crippen molar-refractivity contribution < 1.29 is 9.26 Å². The van der Waals surface area contributed by atoms with E-state index in [0.29, 0.717) is 5.69 Å². The quantitative estimate of drug-likeness (QED) is 0.789. The maximum absolute atomic E-state index is 5.90. The molecule has 0 aliphatic carbocycles. The lowest BCUT2D eigenvalue weighted by molar-refractivity contribution is 0.415. The summed E-state index contributed by atoms with van der Waals surface area (Å²) in [4.78, 5) is 4.00. The molecule has 1 aromatic carbocycles. The van der Waals surface area contributed by atoms with Crippen molar-refractivity contribution in [2.24, 2.45) is 0 Å². The van der Waals surface area contributed by atoms with E-state index in [0.717, 1.165) is 22.4 Å². The van der Waals surface area contributed by atoms with Crippen molar-refractivity contribution in [3.05, 3.63) is 48.8 Å². The van der Waals surface area contributed by atoms with Gasteiger partial charge in [-0.05, 0) is 29.8 Å². The summed E-state index contributed by atoms with van der Waals surface area (Å²) < 4.78 is 10.4. The number of nitrogen functional groups attached to an aromatic ring is 1. The molecular weight excluding hydrogens is 254 g/mol. The highest BCUT2D eigenvalue weighted by atomic mass is 16.5. The minimum atomic E-state index is 0.286. The number of nitrogens with zero attached hydrogens (tertiary/aromatic N) is 2. The van der Waals surface area contributed by atoms with Crippen molar-refractivity contribution >= 4 is 5.88 Å². The number of pyridine rings is 1. The summed E-state index contributed by atoms with van der Waals surface area (Å²) >= 11 is 0. The van der Waals surface area contributed by atoms with Crippen LogP contribution in [0, 0.1) is 0 Å². The second-order valence-corrected chi connectivity index (χ2v) is 4.24. The van der Waals surface area contributed by atoms with Crippen molar-refractivity contribution in [2.75, 3.05) is 12.8 Å². The van der Waals surface area contributed by atoms with Gasteiger partial charge in [-0.2, -0.15) is 0 Å². The van der Waals surface area contributed by atoms with Gasteiger partial charge in [-0.15, -0.1) is 0 Å². The SMILES string of the molecule is COc1cccc(-c2noc(N)c2-c2ccncc2)c1. The van der Waals surface area contributed by atoms with Crippen molar-refractivity contribution in [1.29, 1.82) is 0 Å². The number of anilines is 1. The number of hydrogen-bond donors (Lipinski definition) is 1. The number of aromatic nitrogens is 2. The van der Waals surface area contributed by atoms with Crippen LogP contribution in [0.1, 0.15) is 0 Å². The van der Waals surface area contributed by atoms with Crippen LogP contribution in [-0.4, -0.2) is 17.3 Å². The highest BCUT2D eigenvalue weighted by molar-refractivity contribution is 5.86. The van der Waals surface area contributed by atoms with Gasteiger partial charge < -0.3 is 15.0 Å². The molecule has 5 heteroatoms. The van der Waals surface area contributed by atoms with E-state index in [4.69, 9.17) is 15.0 Å². The van der Waals surface area contributed by atoms with E-state index >= 15 is 0 Å². The highest BCUT2D eigenvalue weighted by Gasteiger charge is 2.17. The number of methoxy groups -OCH3 is 1. The number of nitrogens with two attached hydrogens (primary N) is 1. The normalized spacial score (nSPS) is 10.4. The maximum atomic E-state index is 5.90. The fraction of sp³-hybridized carbons (Fsp3) is 0.0667. The zero-order valence-electron chi connectivity index (χ0n) is 10.9. The van der Waals surface area contributed by atoms with Crippen LogP contribution >= 0.6 is 0 Å². The van der Waals surface area contributed by atoms with E-state index in [1.165, 1.54) is 0 Å². The lowest BCUT2D eigenvalue weighted by atomic mass is 10.0. The molecule has 0 atom stereocenters. The lowest BCUT2D eigenvalue weighted by Crippen LogP contribution is -1.89. The summed E-state index contributed by atoms with van der Waals surface area (Å²) in [7, 11) is 1.63. The molecule has 3 aromatic rings. The maximum Gasteiger partial charge on any atom is 0.230 e. The van der Waals surface area contributed by atoms with Crippen LogP contribution < -0.4 is 10.5 Å². The molecule has 0 saturated carbocycles. The van der Waals surface area contributed by atoms with Gasteiger partial charge in [0, 0.05) is 18.0 Å². The average Bonchev–Trinajstić information content (AvgIpc) is 2.90. The molecule has 2 aromatic heterocycles. The summed E-state index contributed by atoms with van der Waals surface area (Å²) in [5.41, 5.74) is 9.15. The van der Waals surface area contributed by atoms with E-state index in [9.17, 15) is 0 Å². The molecule has 0 amide bonds. The fourth-order valence-corrected chi connectivity index (χ4v) is 2.07. The van der Waals surface area contributed by atoms with E-state index < -0.39 is 0 Å². The third kappa shape index (κ3) is 2.09. The molecule has 0 radical (unpaired) electrons. The third-order valence-electron chi connectivity index (χ3n) is 3.03. The van der Waals surface area contributed by atoms with Crippen molar-refractivity contribution in [3.8, 4) is 28.1 Å². The summed E-state index contributed by atoms with van der Waals surface area (Å²) in [5.74, 6) is 1.04. The largest absolute Gasteiger partial charge is 0.497 e. The van der Waals surface area contributed by atoms with E-state index in [2.05, 4.69) is 10.1 Å². The molecule has 0 fully saturated rings. The van der Waals surface area contributed by atoms with Gasteiger partial charge in [0.25, 0.3) is 0 Å². The first-order valence-electron chi connectivity index (χ1n) is 6.09. The van der Waals surface area contributed by atoms with Gasteiger partial charge in [-0.3, -0.25) is 4.98 Å². The minimum absolute atomic E-state index is 0.286. The van der Waals surface area contributed by atoms with Gasteiger partial charge in [0.05, 0.1) is 12.7 Å². The predicted molar refractivity (Wildman–Crippen MR) is 76.1 cm³/mol. The Hall–Kier alpha value is -2.82. The highest BCUT2D eigenvalue weighted by Crippen LogP contribution is 2.36. The molecule has 20 heavy (non-hydrogen) atoms. The van der Waals surface area contributed by atoms with Crippen molar-refractivity contribution in [2.45, 2.75) is 0 Å². The Morgan fingerprint density at radius 2 is 1.90 bits per heavy atom. The van der Waals surface area contributed by atoms with Crippen molar-refractivity contribution in [1.82, 2.24) is 10.1 Å². The van der Waals surface area contributed by atoms with Gasteiger partial charge in [0.15, 0.2) is 0 Å². The van der Waals surface area contributed by atoms with Gasteiger partial charge in [-0.1, -0.05) is 17.3 Å². The van der Waals surface area contributed by atoms with E-state index in [-0.39, 0.29) is 5.88 Å². The number of ether oxygens (including phenoxy) is 1. The predicted octanol–water partition coefficient (Wildman–Crippen LogP) is 2.99. The topological polar surface area (TPSA) is 74.2 Å². The minimum Gasteiger partial charge on any atom is -0.497 e. The molecule has 0 spiro atoms. The Morgan fingerprint density at radius 3 is 2.65 bits per heavy atom. The Balaban J connectivity index is 2.16. The van der Waals surface area contributed by atoms with Crippen LogP contribution in [0.5, 0.6) is 5.75 Å². The summed E-state index contributed by atoms with van der Waals surface area (Å²) in [6.45, 7) is 0. The second kappa shape index (κ2) is 5.05. The summed E-state index contributed by atoms with van der Waals surface area (Å²) in [6.07, 6.45) is 3.41. The van der Waals surface area contributed by atoms with Gasteiger partial charge >= 0.3 is 0 Å². The summed E-state index contributed by atoms with van der Waals surface area (Å²) in [5, 5.41) is 4.06. The lowest BCUT2D eigenvalue weighted by Gasteiger charge is -2.04. The van der Waals surface area contributed by atoms with Gasteiger partial charge in [0.1, 0.15) is 11.4 Å². The molecule has 0 aliphatic rings. The molecule has 2 N–H and O–H groups in total. The number of hydrogen-bond acceptors (Lipinski definition) is 5. The van der Waals surface area contributed by atoms with Gasteiger partial charge in [-0.25, -0.2) is 0 Å². The first-order valence-corrected chi connectivity index (χ1v) is 6.09. The number of benzene rings is 1. The third-order valence-corrected chi connectivity index (χ3v) is 3.03. The molecule has 2 heterocycles. The van der Waals surface area contributed by atoms with Crippen LogP contribution in [0.4, 0.5) is 5.88 Å². The smallest absolute Gasteiger partial charge is 0.230 e. The molecule has 100 valence electrons. The first kappa shape index (κ1) is 12.2. The second-order valence-electron chi connectivity index (χ2n) is 4.24. The summed E-state index contributed by atoms with van der Waals surface area (Å²) in [6, 6.07) is 11.3. The molecule has 0 saturated heterocycles. The Bertz CT molecular complexity index is 723. The number of rotatable bonds is 3. The molecule has 0 bridgehead atoms. The monoisotopic (exact) mass is 267 g/mol. The van der Waals surface area contributed by atoms with Crippen LogP contribution in [0.25, 0.3) is 22.4 Å². The van der Waals surface area contributed by atoms with Crippen molar-refractivity contribution in [3.63, 3.8) is 0 Å². The fourth-order valence-electron chi connectivity index (χ4n) is 2.07. The van der Waals surface area contributed by atoms with Crippen LogP contribution in [-0.2, 0) is 0 Å². The average molecular weight is 267 g/mol. The first-order chi connectivity index (χ1) is 9.79. The molecular formula is C15H13N3O2. The van der Waals surface area contributed by atoms with E-state index in [1.807, 2.05) is 36.4 Å². The van der Waals surface area contributed by atoms with Crippen LogP contribution in [0.15, 0.2) is 53.3 Å². The van der Waals surface area contributed by atoms with Crippen LogP contribution in [0.2, 0.25) is 0 Å². The molecule has 3 rings (SSSR count). The zero-order chi connectivity index (χ0) is 13.9. The Kier molecular flexibility index (Phi) is 3.09. The molecule has 0 unspecified atom stereocenters. The Morgan fingerprint density at radius 1 is 1.10 bits per heavy atom.